The molecule has 3 rings (SSSR count). The van der Waals surface area contributed by atoms with Crippen LogP contribution in [-0.2, 0) is 6.54 Å². The highest BCUT2D eigenvalue weighted by Crippen LogP contribution is 2.26. The van der Waals surface area contributed by atoms with Crippen LogP contribution in [0.1, 0.15) is 37.8 Å². The molecule has 3 aromatic rings. The lowest BCUT2D eigenvalue weighted by Crippen LogP contribution is -2.11. The second-order valence-electron chi connectivity index (χ2n) is 6.11. The van der Waals surface area contributed by atoms with Crippen LogP contribution in [0.15, 0.2) is 54.6 Å². The second-order valence-corrected chi connectivity index (χ2v) is 6.11. The Bertz CT molecular complexity index is 746. The molecule has 22 heavy (non-hydrogen) atoms. The number of hydrogen-bond donors (Lipinski definition) is 1. The second kappa shape index (κ2) is 6.32. The third-order valence-corrected chi connectivity index (χ3v) is 3.97. The molecule has 0 spiro atoms. The SMILES string of the molecule is CC(C)CCn1c(C(O)c2ccccc2)nc2ccccc21. The Morgan fingerprint density at radius 1 is 1.00 bits per heavy atom. The first-order valence-corrected chi connectivity index (χ1v) is 7.85. The third-order valence-electron chi connectivity index (χ3n) is 3.97. The molecule has 2 aromatic carbocycles. The number of aromatic nitrogens is 2. The smallest absolute Gasteiger partial charge is 0.143 e. The molecule has 0 aliphatic rings. The van der Waals surface area contributed by atoms with Crippen LogP contribution in [0.5, 0.6) is 0 Å². The first-order chi connectivity index (χ1) is 10.7. The molecule has 0 amide bonds. The number of para-hydroxylation sites is 2. The first kappa shape index (κ1) is 14.8. The zero-order valence-electron chi connectivity index (χ0n) is 13.1. The van der Waals surface area contributed by atoms with E-state index in [1.165, 1.54) is 0 Å². The lowest BCUT2D eigenvalue weighted by atomic mass is 10.1. The normalized spacial score (nSPS) is 12.9. The molecule has 1 heterocycles. The van der Waals surface area contributed by atoms with Crippen LogP contribution in [0, 0.1) is 5.92 Å². The van der Waals surface area contributed by atoms with Crippen molar-refractivity contribution in [3.63, 3.8) is 0 Å². The van der Waals surface area contributed by atoms with Crippen molar-refractivity contribution in [3.8, 4) is 0 Å². The van der Waals surface area contributed by atoms with E-state index >= 15 is 0 Å². The predicted molar refractivity (Wildman–Crippen MR) is 89.7 cm³/mol. The molecule has 0 saturated carbocycles. The van der Waals surface area contributed by atoms with Crippen molar-refractivity contribution in [2.75, 3.05) is 0 Å². The van der Waals surface area contributed by atoms with Gasteiger partial charge in [0.05, 0.1) is 11.0 Å². The molecular formula is C19H22N2O. The number of nitrogens with zero attached hydrogens (tertiary/aromatic N) is 2. The average Bonchev–Trinajstić information content (AvgIpc) is 2.91. The Morgan fingerprint density at radius 3 is 2.41 bits per heavy atom. The maximum Gasteiger partial charge on any atom is 0.143 e. The van der Waals surface area contributed by atoms with E-state index in [0.29, 0.717) is 5.92 Å². The molecular weight excluding hydrogens is 272 g/mol. The fourth-order valence-electron chi connectivity index (χ4n) is 2.71. The Balaban J connectivity index is 2.05. The van der Waals surface area contributed by atoms with Gasteiger partial charge in [-0.25, -0.2) is 4.98 Å². The van der Waals surface area contributed by atoms with Crippen LogP contribution in [0.2, 0.25) is 0 Å². The molecule has 0 radical (unpaired) electrons. The zero-order chi connectivity index (χ0) is 15.5. The van der Waals surface area contributed by atoms with E-state index in [9.17, 15) is 5.11 Å². The summed E-state index contributed by atoms with van der Waals surface area (Å²) >= 11 is 0. The highest BCUT2D eigenvalue weighted by Gasteiger charge is 2.19. The maximum absolute atomic E-state index is 10.8. The summed E-state index contributed by atoms with van der Waals surface area (Å²) in [6, 6.07) is 17.8. The summed E-state index contributed by atoms with van der Waals surface area (Å²) in [7, 11) is 0. The Hall–Kier alpha value is -2.13. The Kier molecular flexibility index (Phi) is 4.25. The molecule has 114 valence electrons. The Morgan fingerprint density at radius 2 is 1.68 bits per heavy atom. The summed E-state index contributed by atoms with van der Waals surface area (Å²) in [4.78, 5) is 4.68. The molecule has 0 aliphatic heterocycles. The number of imidazole rings is 1. The van der Waals surface area contributed by atoms with Crippen LogP contribution < -0.4 is 0 Å². The predicted octanol–water partition coefficient (Wildman–Crippen LogP) is 4.16. The number of aryl methyl sites for hydroxylation is 1. The van der Waals surface area contributed by atoms with Crippen molar-refractivity contribution in [3.05, 3.63) is 66.0 Å². The minimum absolute atomic E-state index is 0.614. The molecule has 3 heteroatoms. The molecule has 1 atom stereocenters. The van der Waals surface area contributed by atoms with Gasteiger partial charge in [0.2, 0.25) is 0 Å². The monoisotopic (exact) mass is 294 g/mol. The van der Waals surface area contributed by atoms with Crippen LogP contribution in [-0.4, -0.2) is 14.7 Å². The van der Waals surface area contributed by atoms with Gasteiger partial charge in [-0.2, -0.15) is 0 Å². The number of benzene rings is 2. The molecule has 3 nitrogen and oxygen atoms in total. The minimum atomic E-state index is -0.694. The van der Waals surface area contributed by atoms with E-state index in [1.807, 2.05) is 48.5 Å². The van der Waals surface area contributed by atoms with Crippen LogP contribution in [0.25, 0.3) is 11.0 Å². The van der Waals surface area contributed by atoms with Gasteiger partial charge in [0.1, 0.15) is 11.9 Å². The summed E-state index contributed by atoms with van der Waals surface area (Å²) in [5.41, 5.74) is 2.91. The van der Waals surface area contributed by atoms with Gasteiger partial charge < -0.3 is 9.67 Å². The van der Waals surface area contributed by atoms with Gasteiger partial charge >= 0.3 is 0 Å². The van der Waals surface area contributed by atoms with Crippen molar-refractivity contribution in [2.45, 2.75) is 32.9 Å². The summed E-state index contributed by atoms with van der Waals surface area (Å²) in [5, 5.41) is 10.8. The molecule has 1 unspecified atom stereocenters. The van der Waals surface area contributed by atoms with Gasteiger partial charge in [0.25, 0.3) is 0 Å². The van der Waals surface area contributed by atoms with E-state index in [-0.39, 0.29) is 0 Å². The van der Waals surface area contributed by atoms with E-state index in [0.717, 1.165) is 35.4 Å². The number of aliphatic hydroxyl groups is 1. The van der Waals surface area contributed by atoms with E-state index in [4.69, 9.17) is 0 Å². The highest BCUT2D eigenvalue weighted by molar-refractivity contribution is 5.76. The number of fused-ring (bicyclic) bond motifs is 1. The zero-order valence-corrected chi connectivity index (χ0v) is 13.1. The fourth-order valence-corrected chi connectivity index (χ4v) is 2.71. The summed E-state index contributed by atoms with van der Waals surface area (Å²) in [6.45, 7) is 5.30. The summed E-state index contributed by atoms with van der Waals surface area (Å²) < 4.78 is 2.16. The first-order valence-electron chi connectivity index (χ1n) is 7.85. The van der Waals surface area contributed by atoms with E-state index in [1.54, 1.807) is 0 Å². The van der Waals surface area contributed by atoms with Crippen molar-refractivity contribution in [1.82, 2.24) is 9.55 Å². The highest BCUT2D eigenvalue weighted by atomic mass is 16.3. The van der Waals surface area contributed by atoms with Gasteiger partial charge in [-0.05, 0) is 30.0 Å². The van der Waals surface area contributed by atoms with Crippen molar-refractivity contribution in [1.29, 1.82) is 0 Å². The largest absolute Gasteiger partial charge is 0.380 e. The maximum atomic E-state index is 10.8. The van der Waals surface area contributed by atoms with Crippen LogP contribution in [0.3, 0.4) is 0 Å². The quantitative estimate of drug-likeness (QED) is 0.767. The number of hydrogen-bond acceptors (Lipinski definition) is 2. The number of aliphatic hydroxyl groups excluding tert-OH is 1. The van der Waals surface area contributed by atoms with Gasteiger partial charge in [-0.1, -0.05) is 56.3 Å². The molecule has 1 aromatic heterocycles. The van der Waals surface area contributed by atoms with Crippen molar-refractivity contribution < 1.29 is 5.11 Å². The minimum Gasteiger partial charge on any atom is -0.380 e. The van der Waals surface area contributed by atoms with E-state index in [2.05, 4.69) is 29.5 Å². The molecule has 0 aliphatic carbocycles. The lowest BCUT2D eigenvalue weighted by Gasteiger charge is -2.15. The summed E-state index contributed by atoms with van der Waals surface area (Å²) in [5.74, 6) is 1.34. The van der Waals surface area contributed by atoms with Crippen LogP contribution in [0.4, 0.5) is 0 Å². The van der Waals surface area contributed by atoms with E-state index < -0.39 is 6.10 Å². The molecule has 0 bridgehead atoms. The summed E-state index contributed by atoms with van der Waals surface area (Å²) in [6.07, 6.45) is 0.371. The van der Waals surface area contributed by atoms with Gasteiger partial charge in [-0.3, -0.25) is 0 Å². The number of rotatable bonds is 5. The molecule has 1 N–H and O–H groups in total. The topological polar surface area (TPSA) is 38.0 Å². The molecule has 0 saturated heterocycles. The fraction of sp³-hybridized carbons (Fsp3) is 0.316. The van der Waals surface area contributed by atoms with Gasteiger partial charge in [0, 0.05) is 6.54 Å². The standard InChI is InChI=1S/C19H22N2O/c1-14(2)12-13-21-17-11-7-6-10-16(17)20-19(21)18(22)15-8-4-3-5-9-15/h3-11,14,18,22H,12-13H2,1-2H3. The van der Waals surface area contributed by atoms with Crippen LogP contribution >= 0.6 is 0 Å². The molecule has 0 fully saturated rings. The van der Waals surface area contributed by atoms with Crippen molar-refractivity contribution >= 4 is 11.0 Å². The lowest BCUT2D eigenvalue weighted by molar-refractivity contribution is 0.204. The van der Waals surface area contributed by atoms with Gasteiger partial charge in [-0.15, -0.1) is 0 Å². The third kappa shape index (κ3) is 2.90. The average molecular weight is 294 g/mol. The Labute approximate surface area is 131 Å². The van der Waals surface area contributed by atoms with Crippen molar-refractivity contribution in [2.24, 2.45) is 5.92 Å². The van der Waals surface area contributed by atoms with Gasteiger partial charge in [0.15, 0.2) is 0 Å².